The third-order valence-corrected chi connectivity index (χ3v) is 5.87. The highest BCUT2D eigenvalue weighted by Gasteiger charge is 2.15. The molecule has 3 rings (SSSR count). The molecule has 0 radical (unpaired) electrons. The van der Waals surface area contributed by atoms with E-state index in [1.807, 2.05) is 6.07 Å². The minimum atomic E-state index is -0.314. The number of carbonyl (C=O) groups is 1. The summed E-state index contributed by atoms with van der Waals surface area (Å²) in [5, 5.41) is 9.12. The van der Waals surface area contributed by atoms with Crippen LogP contribution in [0.25, 0.3) is 11.1 Å². The van der Waals surface area contributed by atoms with Gasteiger partial charge in [-0.25, -0.2) is 4.79 Å². The predicted molar refractivity (Wildman–Crippen MR) is 124 cm³/mol. The van der Waals surface area contributed by atoms with Crippen LogP contribution in [0, 0.1) is 0 Å². The molecule has 1 N–H and O–H groups in total. The first-order valence-electron chi connectivity index (χ1n) is 11.5. The fraction of sp³-hybridized carbons (Fsp3) is 0.444. The molecule has 1 saturated carbocycles. The second-order valence-electron chi connectivity index (χ2n) is 8.12. The molecular weight excluding hydrogens is 388 g/mol. The summed E-state index contributed by atoms with van der Waals surface area (Å²) in [6.07, 6.45) is 11.2. The summed E-state index contributed by atoms with van der Waals surface area (Å²) in [5.41, 5.74) is 4.85. The Kier molecular flexibility index (Phi) is 9.16. The Bertz CT molecular complexity index is 848. The fourth-order valence-corrected chi connectivity index (χ4v) is 4.25. The van der Waals surface area contributed by atoms with Crippen molar-refractivity contribution in [3.05, 3.63) is 65.7 Å². The Morgan fingerprint density at radius 3 is 2.48 bits per heavy atom. The zero-order valence-corrected chi connectivity index (χ0v) is 18.5. The molecule has 1 aliphatic rings. The van der Waals surface area contributed by atoms with Crippen LogP contribution in [0.15, 0.2) is 54.6 Å². The number of carbonyl (C=O) groups excluding carboxylic acids is 1. The quantitative estimate of drug-likeness (QED) is 0.298. The monoisotopic (exact) mass is 422 g/mol. The van der Waals surface area contributed by atoms with E-state index in [-0.39, 0.29) is 19.2 Å². The Morgan fingerprint density at radius 2 is 1.77 bits per heavy atom. The molecule has 0 aliphatic heterocycles. The molecule has 1 aliphatic carbocycles. The van der Waals surface area contributed by atoms with Gasteiger partial charge >= 0.3 is 5.97 Å². The minimum Gasteiger partial charge on any atom is -0.491 e. The second kappa shape index (κ2) is 12.3. The first-order valence-corrected chi connectivity index (χ1v) is 11.5. The summed E-state index contributed by atoms with van der Waals surface area (Å²) in [5.74, 6) is 1.17. The molecule has 0 saturated heterocycles. The average molecular weight is 423 g/mol. The van der Waals surface area contributed by atoms with Gasteiger partial charge < -0.3 is 14.6 Å². The number of hydrogen-bond acceptors (Lipinski definition) is 4. The van der Waals surface area contributed by atoms with Gasteiger partial charge in [0.1, 0.15) is 12.4 Å². The molecule has 0 heterocycles. The molecule has 2 aromatic rings. The van der Waals surface area contributed by atoms with E-state index in [2.05, 4.69) is 36.4 Å². The van der Waals surface area contributed by atoms with Crippen molar-refractivity contribution in [1.82, 2.24) is 0 Å². The maximum absolute atomic E-state index is 11.5. The average Bonchev–Trinajstić information content (AvgIpc) is 2.82. The van der Waals surface area contributed by atoms with E-state index in [1.165, 1.54) is 49.3 Å². The van der Waals surface area contributed by atoms with E-state index in [4.69, 9.17) is 14.6 Å². The van der Waals surface area contributed by atoms with Gasteiger partial charge in [0.25, 0.3) is 0 Å². The van der Waals surface area contributed by atoms with E-state index in [1.54, 1.807) is 13.0 Å². The molecule has 0 spiro atoms. The lowest BCUT2D eigenvalue weighted by Crippen LogP contribution is -2.06. The van der Waals surface area contributed by atoms with Crippen LogP contribution in [0.2, 0.25) is 0 Å². The largest absolute Gasteiger partial charge is 0.491 e. The number of hydrogen-bond donors (Lipinski definition) is 1. The van der Waals surface area contributed by atoms with E-state index in [9.17, 15) is 4.79 Å². The van der Waals surface area contributed by atoms with Gasteiger partial charge in [-0.05, 0) is 72.9 Å². The SMILES string of the molecule is C/C=C/C(=O)OCCCc1cc(-c2ccc(C3CCCCC3)cc2)ccc1OCCO. The van der Waals surface area contributed by atoms with Crippen LogP contribution in [-0.2, 0) is 16.0 Å². The number of ether oxygens (including phenoxy) is 2. The summed E-state index contributed by atoms with van der Waals surface area (Å²) < 4.78 is 10.9. The minimum absolute atomic E-state index is 0.0230. The first-order chi connectivity index (χ1) is 15.2. The van der Waals surface area contributed by atoms with Crippen LogP contribution >= 0.6 is 0 Å². The molecule has 31 heavy (non-hydrogen) atoms. The third kappa shape index (κ3) is 6.96. The van der Waals surface area contributed by atoms with E-state index in [0.717, 1.165) is 23.3 Å². The molecular formula is C27H34O4. The number of aryl methyl sites for hydroxylation is 1. The molecule has 4 heteroatoms. The van der Waals surface area contributed by atoms with Gasteiger partial charge in [0.15, 0.2) is 0 Å². The number of benzene rings is 2. The number of rotatable bonds is 10. The van der Waals surface area contributed by atoms with Crippen molar-refractivity contribution in [2.45, 2.75) is 57.8 Å². The van der Waals surface area contributed by atoms with Gasteiger partial charge in [-0.15, -0.1) is 0 Å². The van der Waals surface area contributed by atoms with Gasteiger partial charge in [-0.3, -0.25) is 0 Å². The molecule has 0 atom stereocenters. The van der Waals surface area contributed by atoms with Crippen molar-refractivity contribution in [1.29, 1.82) is 0 Å². The maximum Gasteiger partial charge on any atom is 0.330 e. The van der Waals surface area contributed by atoms with Gasteiger partial charge in [0.05, 0.1) is 13.2 Å². The first kappa shape index (κ1) is 23.1. The highest BCUT2D eigenvalue weighted by Crippen LogP contribution is 2.34. The van der Waals surface area contributed by atoms with Gasteiger partial charge in [0, 0.05) is 6.08 Å². The Balaban J connectivity index is 1.69. The molecule has 4 nitrogen and oxygen atoms in total. The predicted octanol–water partition coefficient (Wildman–Crippen LogP) is 5.82. The number of esters is 1. The lowest BCUT2D eigenvalue weighted by molar-refractivity contribution is -0.137. The number of aliphatic hydroxyl groups excluding tert-OH is 1. The summed E-state index contributed by atoms with van der Waals surface area (Å²) in [4.78, 5) is 11.5. The van der Waals surface area contributed by atoms with Crippen molar-refractivity contribution in [3.8, 4) is 16.9 Å². The summed E-state index contributed by atoms with van der Waals surface area (Å²) in [6.45, 7) is 2.39. The van der Waals surface area contributed by atoms with Gasteiger partial charge in [-0.2, -0.15) is 0 Å². The molecule has 1 fully saturated rings. The summed E-state index contributed by atoms with van der Waals surface area (Å²) in [7, 11) is 0. The summed E-state index contributed by atoms with van der Waals surface area (Å²) >= 11 is 0. The second-order valence-corrected chi connectivity index (χ2v) is 8.12. The van der Waals surface area contributed by atoms with Crippen LogP contribution in [0.5, 0.6) is 5.75 Å². The highest BCUT2D eigenvalue weighted by molar-refractivity contribution is 5.81. The van der Waals surface area contributed by atoms with Crippen molar-refractivity contribution in [3.63, 3.8) is 0 Å². The number of allylic oxidation sites excluding steroid dienone is 1. The van der Waals surface area contributed by atoms with Crippen LogP contribution in [0.4, 0.5) is 0 Å². The van der Waals surface area contributed by atoms with Crippen LogP contribution in [-0.4, -0.2) is 30.9 Å². The number of aliphatic hydroxyl groups is 1. The topological polar surface area (TPSA) is 55.8 Å². The third-order valence-electron chi connectivity index (χ3n) is 5.87. The lowest BCUT2D eigenvalue weighted by Gasteiger charge is -2.22. The Morgan fingerprint density at radius 1 is 1.03 bits per heavy atom. The zero-order chi connectivity index (χ0) is 21.9. The van der Waals surface area contributed by atoms with E-state index in [0.29, 0.717) is 18.9 Å². The Hall–Kier alpha value is -2.59. The molecule has 166 valence electrons. The molecule has 0 bridgehead atoms. The molecule has 0 amide bonds. The van der Waals surface area contributed by atoms with E-state index >= 15 is 0 Å². The van der Waals surface area contributed by atoms with Crippen molar-refractivity contribution < 1.29 is 19.4 Å². The fourth-order valence-electron chi connectivity index (χ4n) is 4.25. The van der Waals surface area contributed by atoms with Crippen molar-refractivity contribution in [2.75, 3.05) is 19.8 Å². The van der Waals surface area contributed by atoms with E-state index < -0.39 is 0 Å². The van der Waals surface area contributed by atoms with Crippen LogP contribution in [0.1, 0.15) is 62.5 Å². The molecule has 0 aromatic heterocycles. The highest BCUT2D eigenvalue weighted by atomic mass is 16.5. The normalized spacial score (nSPS) is 14.6. The van der Waals surface area contributed by atoms with Gasteiger partial charge in [0.2, 0.25) is 0 Å². The van der Waals surface area contributed by atoms with Crippen molar-refractivity contribution in [2.24, 2.45) is 0 Å². The smallest absolute Gasteiger partial charge is 0.330 e. The van der Waals surface area contributed by atoms with Crippen molar-refractivity contribution >= 4 is 5.97 Å². The zero-order valence-electron chi connectivity index (χ0n) is 18.5. The van der Waals surface area contributed by atoms with Crippen LogP contribution < -0.4 is 4.74 Å². The molecule has 2 aromatic carbocycles. The molecule has 0 unspecified atom stereocenters. The van der Waals surface area contributed by atoms with Crippen LogP contribution in [0.3, 0.4) is 0 Å². The lowest BCUT2D eigenvalue weighted by atomic mass is 9.83. The maximum atomic E-state index is 11.5. The Labute approximate surface area is 185 Å². The summed E-state index contributed by atoms with van der Waals surface area (Å²) in [6, 6.07) is 15.2. The van der Waals surface area contributed by atoms with Gasteiger partial charge in [-0.1, -0.05) is 55.7 Å². The standard InChI is InChI=1S/C27H34O4/c1-2-7-27(29)31-18-6-10-25-20-24(15-16-26(25)30-19-17-28)23-13-11-22(12-14-23)21-8-4-3-5-9-21/h2,7,11-16,20-21,28H,3-6,8-10,17-19H2,1H3/b7-2+.